The molecule has 2 aromatic rings. The van der Waals surface area contributed by atoms with Gasteiger partial charge in [-0.15, -0.1) is 5.10 Å². The van der Waals surface area contributed by atoms with Crippen molar-refractivity contribution in [2.75, 3.05) is 18.8 Å². The number of nitrogen functional groups attached to an aromatic ring is 1. The number of amides is 1. The lowest BCUT2D eigenvalue weighted by Crippen LogP contribution is -2.41. The van der Waals surface area contributed by atoms with E-state index < -0.39 is 5.60 Å². The summed E-state index contributed by atoms with van der Waals surface area (Å²) in [5.41, 5.74) is 8.08. The molecule has 1 aliphatic heterocycles. The number of ether oxygens (including phenoxy) is 1. The number of anilines is 1. The fourth-order valence-corrected chi connectivity index (χ4v) is 3.85. The topological polar surface area (TPSA) is 106 Å². The molecule has 0 radical (unpaired) electrons. The number of fused-ring (bicyclic) bond motifs is 1. The van der Waals surface area contributed by atoms with Crippen molar-refractivity contribution in [2.24, 2.45) is 0 Å². The Morgan fingerprint density at radius 2 is 1.89 bits per heavy atom. The van der Waals surface area contributed by atoms with E-state index >= 15 is 0 Å². The van der Waals surface area contributed by atoms with E-state index in [1.807, 2.05) is 20.8 Å². The van der Waals surface area contributed by atoms with E-state index in [9.17, 15) is 9.59 Å². The zero-order valence-corrected chi connectivity index (χ0v) is 16.1. The van der Waals surface area contributed by atoms with Crippen molar-refractivity contribution in [2.45, 2.75) is 63.9 Å². The molecule has 2 fully saturated rings. The van der Waals surface area contributed by atoms with Crippen LogP contribution in [0.15, 0.2) is 10.9 Å². The van der Waals surface area contributed by atoms with Gasteiger partial charge in [0, 0.05) is 30.6 Å². The van der Waals surface area contributed by atoms with Crippen molar-refractivity contribution < 1.29 is 9.53 Å². The van der Waals surface area contributed by atoms with Crippen molar-refractivity contribution in [1.82, 2.24) is 19.5 Å². The molecule has 0 unspecified atom stereocenters. The molecule has 2 aromatic heterocycles. The van der Waals surface area contributed by atoms with Gasteiger partial charge in [0.2, 0.25) is 0 Å². The van der Waals surface area contributed by atoms with E-state index in [2.05, 4.69) is 10.1 Å². The van der Waals surface area contributed by atoms with Crippen LogP contribution >= 0.6 is 0 Å². The molecule has 0 atom stereocenters. The van der Waals surface area contributed by atoms with Gasteiger partial charge in [0.1, 0.15) is 11.2 Å². The summed E-state index contributed by atoms with van der Waals surface area (Å²) in [5, 5.41) is 4.51. The highest BCUT2D eigenvalue weighted by molar-refractivity contribution is 5.68. The minimum atomic E-state index is -0.501. The normalized spacial score (nSPS) is 18.9. The van der Waals surface area contributed by atoms with Gasteiger partial charge in [0.05, 0.1) is 5.69 Å². The van der Waals surface area contributed by atoms with E-state index in [1.165, 1.54) is 0 Å². The van der Waals surface area contributed by atoms with Crippen molar-refractivity contribution >= 4 is 17.6 Å². The minimum absolute atomic E-state index is 0.131. The maximum atomic E-state index is 12.3. The van der Waals surface area contributed by atoms with Gasteiger partial charge in [-0.2, -0.15) is 0 Å². The number of rotatable bonds is 2. The molecular formula is C19H27N5O3. The Bertz CT molecular complexity index is 927. The number of hydrogen-bond donors (Lipinski definition) is 2. The molecule has 1 amide bonds. The fraction of sp³-hybridized carbons (Fsp3) is 0.632. The quantitative estimate of drug-likeness (QED) is 0.842. The minimum Gasteiger partial charge on any atom is -0.444 e. The lowest BCUT2D eigenvalue weighted by Gasteiger charge is -2.33. The summed E-state index contributed by atoms with van der Waals surface area (Å²) in [6.07, 6.45) is 3.42. The van der Waals surface area contributed by atoms with Crippen LogP contribution in [0.5, 0.6) is 0 Å². The van der Waals surface area contributed by atoms with Crippen LogP contribution in [0.4, 0.5) is 10.6 Å². The summed E-state index contributed by atoms with van der Waals surface area (Å²) in [6.45, 7) is 6.79. The van der Waals surface area contributed by atoms with E-state index in [0.29, 0.717) is 24.8 Å². The average molecular weight is 373 g/mol. The van der Waals surface area contributed by atoms with Crippen LogP contribution in [0.2, 0.25) is 0 Å². The van der Waals surface area contributed by atoms with Crippen LogP contribution in [-0.4, -0.2) is 44.3 Å². The summed E-state index contributed by atoms with van der Waals surface area (Å²) >= 11 is 0. The summed E-state index contributed by atoms with van der Waals surface area (Å²) in [5.74, 6) is 1.06. The van der Waals surface area contributed by atoms with E-state index in [-0.39, 0.29) is 17.6 Å². The van der Waals surface area contributed by atoms with Gasteiger partial charge in [-0.25, -0.2) is 9.31 Å². The number of aromatic amines is 1. The van der Waals surface area contributed by atoms with Crippen LogP contribution in [0.1, 0.15) is 69.5 Å². The second kappa shape index (κ2) is 6.28. The molecule has 146 valence electrons. The largest absolute Gasteiger partial charge is 0.444 e. The fourth-order valence-electron chi connectivity index (χ4n) is 3.85. The monoisotopic (exact) mass is 373 g/mol. The van der Waals surface area contributed by atoms with Crippen molar-refractivity contribution in [1.29, 1.82) is 0 Å². The first kappa shape index (κ1) is 17.9. The van der Waals surface area contributed by atoms with E-state index in [4.69, 9.17) is 10.5 Å². The Hall–Kier alpha value is -2.51. The third kappa shape index (κ3) is 3.52. The Morgan fingerprint density at radius 1 is 1.22 bits per heavy atom. The SMILES string of the molecule is CC(C)(C)OC(=O)N1CCC(c2cc(=O)[nH]c3c(C4CC4)c(N)nn23)CC1. The van der Waals surface area contributed by atoms with Gasteiger partial charge in [-0.1, -0.05) is 0 Å². The molecule has 1 saturated carbocycles. The number of piperidine rings is 1. The third-order valence-corrected chi connectivity index (χ3v) is 5.27. The van der Waals surface area contributed by atoms with Crippen LogP contribution in [-0.2, 0) is 4.74 Å². The number of nitrogens with two attached hydrogens (primary N) is 1. The standard InChI is InChI=1S/C19H27N5O3/c1-19(2,3)27-18(26)23-8-6-11(7-9-23)13-10-14(25)21-17-15(12-4-5-12)16(20)22-24(13)17/h10-12H,4-9H2,1-3H3,(H2,20,22)(H,21,25). The zero-order valence-electron chi connectivity index (χ0n) is 16.1. The first-order chi connectivity index (χ1) is 12.7. The van der Waals surface area contributed by atoms with Gasteiger partial charge in [-0.05, 0) is 52.4 Å². The third-order valence-electron chi connectivity index (χ3n) is 5.27. The van der Waals surface area contributed by atoms with Gasteiger partial charge in [0.25, 0.3) is 5.56 Å². The maximum Gasteiger partial charge on any atom is 0.410 e. The second-order valence-electron chi connectivity index (χ2n) is 8.63. The second-order valence-corrected chi connectivity index (χ2v) is 8.63. The molecule has 1 saturated heterocycles. The maximum absolute atomic E-state index is 12.3. The number of hydrogen-bond acceptors (Lipinski definition) is 5. The molecule has 8 heteroatoms. The predicted octanol–water partition coefficient (Wildman–Crippen LogP) is 2.60. The molecular weight excluding hydrogens is 346 g/mol. The van der Waals surface area contributed by atoms with Crippen LogP contribution in [0, 0.1) is 0 Å². The molecule has 8 nitrogen and oxygen atoms in total. The highest BCUT2D eigenvalue weighted by Crippen LogP contribution is 2.44. The first-order valence-electron chi connectivity index (χ1n) is 9.62. The Kier molecular flexibility index (Phi) is 4.16. The Labute approximate surface area is 157 Å². The number of carbonyl (C=O) groups excluding carboxylic acids is 1. The molecule has 4 rings (SSSR count). The molecule has 0 aromatic carbocycles. The number of H-pyrrole nitrogens is 1. The Balaban J connectivity index is 1.57. The van der Waals surface area contributed by atoms with Gasteiger partial charge >= 0.3 is 6.09 Å². The number of carbonyl (C=O) groups is 1. The van der Waals surface area contributed by atoms with Crippen molar-refractivity contribution in [3.8, 4) is 0 Å². The highest BCUT2D eigenvalue weighted by atomic mass is 16.6. The number of nitrogens with zero attached hydrogens (tertiary/aromatic N) is 3. The molecule has 3 heterocycles. The predicted molar refractivity (Wildman–Crippen MR) is 102 cm³/mol. The van der Waals surface area contributed by atoms with Crippen molar-refractivity contribution in [3.63, 3.8) is 0 Å². The molecule has 1 aliphatic carbocycles. The lowest BCUT2D eigenvalue weighted by atomic mass is 9.93. The summed E-state index contributed by atoms with van der Waals surface area (Å²) in [6, 6.07) is 1.62. The smallest absolute Gasteiger partial charge is 0.410 e. The van der Waals surface area contributed by atoms with Crippen molar-refractivity contribution in [3.05, 3.63) is 27.7 Å². The van der Waals surface area contributed by atoms with Crippen LogP contribution < -0.4 is 11.3 Å². The lowest BCUT2D eigenvalue weighted by molar-refractivity contribution is 0.0203. The van der Waals surface area contributed by atoms with E-state index in [1.54, 1.807) is 15.5 Å². The molecule has 27 heavy (non-hydrogen) atoms. The molecule has 3 N–H and O–H groups in total. The van der Waals surface area contributed by atoms with Gasteiger partial charge in [0.15, 0.2) is 5.82 Å². The highest BCUT2D eigenvalue weighted by Gasteiger charge is 2.33. The van der Waals surface area contributed by atoms with Crippen LogP contribution in [0.25, 0.3) is 5.65 Å². The van der Waals surface area contributed by atoms with Gasteiger partial charge in [-0.3, -0.25) is 4.79 Å². The molecule has 0 bridgehead atoms. The number of likely N-dealkylation sites (tertiary alicyclic amines) is 1. The Morgan fingerprint density at radius 3 is 2.48 bits per heavy atom. The summed E-state index contributed by atoms with van der Waals surface area (Å²) in [7, 11) is 0. The first-order valence-corrected chi connectivity index (χ1v) is 9.62. The average Bonchev–Trinajstić information content (AvgIpc) is 3.35. The van der Waals surface area contributed by atoms with E-state index in [0.717, 1.165) is 42.6 Å². The number of aromatic nitrogens is 3. The number of nitrogens with one attached hydrogen (secondary N) is 1. The van der Waals surface area contributed by atoms with Crippen LogP contribution in [0.3, 0.4) is 0 Å². The molecule has 2 aliphatic rings. The summed E-state index contributed by atoms with van der Waals surface area (Å²) in [4.78, 5) is 29.2. The zero-order chi connectivity index (χ0) is 19.3. The van der Waals surface area contributed by atoms with Gasteiger partial charge < -0.3 is 20.4 Å². The summed E-state index contributed by atoms with van der Waals surface area (Å²) < 4.78 is 7.26. The molecule has 0 spiro atoms.